The van der Waals surface area contributed by atoms with Gasteiger partial charge in [-0.2, -0.15) is 11.8 Å². The monoisotopic (exact) mass is 565 g/mol. The summed E-state index contributed by atoms with van der Waals surface area (Å²) in [7, 11) is 0. The van der Waals surface area contributed by atoms with E-state index < -0.39 is 0 Å². The summed E-state index contributed by atoms with van der Waals surface area (Å²) in [5.41, 5.74) is 1.00. The molecule has 3 unspecified atom stereocenters. The number of unbranched alkanes of at least 4 members (excludes halogenated alkanes) is 1. The fourth-order valence-electron chi connectivity index (χ4n) is 5.49. The van der Waals surface area contributed by atoms with E-state index in [1.807, 2.05) is 22.6 Å². The molecule has 3 fully saturated rings. The number of amides is 3. The fraction of sp³-hybridized carbons (Fsp3) is 0.846. The average molecular weight is 566 g/mol. The smallest absolute Gasteiger partial charge is 0.315 e. The van der Waals surface area contributed by atoms with Crippen molar-refractivity contribution in [3.63, 3.8) is 0 Å². The third kappa shape index (κ3) is 10.9. The Morgan fingerprint density at radius 1 is 1.08 bits per heavy atom. The van der Waals surface area contributed by atoms with E-state index in [0.29, 0.717) is 18.2 Å². The van der Waals surface area contributed by atoms with E-state index >= 15 is 0 Å². The fourth-order valence-corrected chi connectivity index (χ4v) is 7.03. The number of nitrogens with zero attached hydrogens (tertiary/aromatic N) is 4. The molecule has 7 N–H and O–H groups in total. The predicted molar refractivity (Wildman–Crippen MR) is 154 cm³/mol. The van der Waals surface area contributed by atoms with Crippen LogP contribution in [0.3, 0.4) is 0 Å². The van der Waals surface area contributed by atoms with Crippen molar-refractivity contribution in [1.82, 2.24) is 46.5 Å². The molecule has 12 nitrogen and oxygen atoms in total. The molecule has 0 aromatic carbocycles. The van der Waals surface area contributed by atoms with Gasteiger partial charge in [0.15, 0.2) is 0 Å². The minimum atomic E-state index is -0.0407. The highest BCUT2D eigenvalue weighted by molar-refractivity contribution is 8.00. The topological polar surface area (TPSA) is 145 Å². The van der Waals surface area contributed by atoms with Gasteiger partial charge in [0, 0.05) is 75.9 Å². The van der Waals surface area contributed by atoms with Gasteiger partial charge in [-0.15, -0.1) is 5.10 Å². The van der Waals surface area contributed by atoms with Crippen LogP contribution in [0.5, 0.6) is 0 Å². The zero-order valence-electron chi connectivity index (χ0n) is 23.3. The molecule has 39 heavy (non-hydrogen) atoms. The van der Waals surface area contributed by atoms with Crippen LogP contribution in [0, 0.1) is 0 Å². The van der Waals surface area contributed by atoms with E-state index in [9.17, 15) is 9.59 Å². The quantitative estimate of drug-likeness (QED) is 0.146. The van der Waals surface area contributed by atoms with Gasteiger partial charge in [-0.25, -0.2) is 4.79 Å². The minimum Gasteiger partial charge on any atom is -0.356 e. The first-order valence-corrected chi connectivity index (χ1v) is 16.0. The van der Waals surface area contributed by atoms with Crippen LogP contribution in [0.4, 0.5) is 4.79 Å². The number of hydrogen-bond donors (Lipinski definition) is 6. The van der Waals surface area contributed by atoms with Crippen LogP contribution in [0.15, 0.2) is 6.20 Å². The summed E-state index contributed by atoms with van der Waals surface area (Å²) in [5, 5.41) is 27.7. The average Bonchev–Trinajstić information content (AvgIpc) is 3.63. The second-order valence-electron chi connectivity index (χ2n) is 10.9. The van der Waals surface area contributed by atoms with E-state index in [1.54, 1.807) is 0 Å². The maximum atomic E-state index is 12.2. The number of carbonyl (C=O) groups excluding carboxylic acids is 2. The Kier molecular flexibility index (Phi) is 13.1. The molecular formula is C26H49N10O2S+. The van der Waals surface area contributed by atoms with Crippen molar-refractivity contribution >= 4 is 23.7 Å². The molecule has 1 aromatic heterocycles. The second kappa shape index (κ2) is 17.0. The number of carbonyl (C=O) groups is 2. The Labute approximate surface area is 236 Å². The Balaban J connectivity index is 1.05. The second-order valence-corrected chi connectivity index (χ2v) is 12.2. The largest absolute Gasteiger partial charge is 0.356 e. The Bertz CT molecular complexity index is 858. The maximum absolute atomic E-state index is 12.2. The van der Waals surface area contributed by atoms with E-state index in [0.717, 1.165) is 102 Å². The summed E-state index contributed by atoms with van der Waals surface area (Å²) in [4.78, 5) is 26.2. The first kappa shape index (κ1) is 30.0. The van der Waals surface area contributed by atoms with E-state index in [1.165, 1.54) is 13.0 Å². The molecule has 0 radical (unpaired) electrons. The van der Waals surface area contributed by atoms with Gasteiger partial charge in [0.05, 0.1) is 30.9 Å². The molecule has 4 heterocycles. The van der Waals surface area contributed by atoms with Crippen molar-refractivity contribution in [3.05, 3.63) is 11.9 Å². The van der Waals surface area contributed by atoms with E-state index in [-0.39, 0.29) is 24.0 Å². The number of thioether (sulfide) groups is 1. The lowest BCUT2D eigenvalue weighted by Gasteiger charge is -2.21. The molecule has 4 rings (SSSR count). The number of aromatic nitrogens is 3. The van der Waals surface area contributed by atoms with Gasteiger partial charge < -0.3 is 31.9 Å². The third-order valence-electron chi connectivity index (χ3n) is 7.66. The third-order valence-corrected chi connectivity index (χ3v) is 9.17. The van der Waals surface area contributed by atoms with Crippen molar-refractivity contribution in [2.75, 3.05) is 64.7 Å². The molecule has 1 aromatic rings. The molecule has 0 saturated carbocycles. The summed E-state index contributed by atoms with van der Waals surface area (Å²) in [6.45, 7) is 10.8. The number of fused-ring (bicyclic) bond motifs is 1. The van der Waals surface area contributed by atoms with Crippen molar-refractivity contribution in [1.29, 1.82) is 0 Å². The molecule has 13 heteroatoms. The molecule has 3 saturated heterocycles. The van der Waals surface area contributed by atoms with E-state index in [2.05, 4.69) is 47.1 Å². The summed E-state index contributed by atoms with van der Waals surface area (Å²) in [5.74, 6) is 1.10. The van der Waals surface area contributed by atoms with Gasteiger partial charge in [-0.3, -0.25) is 14.4 Å². The number of aryl methyl sites for hydroxylation is 1. The normalized spacial score (nSPS) is 25.4. The summed E-state index contributed by atoms with van der Waals surface area (Å²) < 4.78 is 1.89. The first-order valence-electron chi connectivity index (χ1n) is 15.0. The Morgan fingerprint density at radius 3 is 2.92 bits per heavy atom. The number of rotatable bonds is 11. The van der Waals surface area contributed by atoms with Gasteiger partial charge in [-0.05, 0) is 38.8 Å². The van der Waals surface area contributed by atoms with Gasteiger partial charge >= 0.3 is 6.03 Å². The lowest BCUT2D eigenvalue weighted by atomic mass is 10.0. The van der Waals surface area contributed by atoms with Crippen LogP contribution in [0.1, 0.15) is 50.6 Å². The number of quaternary nitrogens is 1. The lowest BCUT2D eigenvalue weighted by molar-refractivity contribution is -0.653. The van der Waals surface area contributed by atoms with Crippen LogP contribution < -0.4 is 31.9 Å². The van der Waals surface area contributed by atoms with Crippen molar-refractivity contribution < 1.29 is 14.9 Å². The molecule has 3 atom stereocenters. The van der Waals surface area contributed by atoms with Crippen molar-refractivity contribution in [2.24, 2.45) is 0 Å². The summed E-state index contributed by atoms with van der Waals surface area (Å²) in [6, 6.07) is 0.469. The van der Waals surface area contributed by atoms with Crippen LogP contribution in [-0.4, -0.2) is 114 Å². The molecule has 0 spiro atoms. The summed E-state index contributed by atoms with van der Waals surface area (Å²) >= 11 is 1.93. The van der Waals surface area contributed by atoms with Gasteiger partial charge in [-0.1, -0.05) is 11.6 Å². The standard InChI is InChI=1S/C26H48N10O2S/c37-24(7-2-1-6-23-25-22(20-39-23)31-26(38)32-25)30-11-5-16-36-19-21(33-34-36)18-35-15-4-10-28-13-12-27-8-3-9-29-14-17-35/h19,22-23,25,27-29H,1-18,20H2,(H,30,37)(H2,31,32,38)/p+1. The Morgan fingerprint density at radius 2 is 1.97 bits per heavy atom. The zero-order chi connectivity index (χ0) is 27.1. The zero-order valence-corrected chi connectivity index (χ0v) is 24.2. The lowest BCUT2D eigenvalue weighted by Crippen LogP contribution is -2.85. The van der Waals surface area contributed by atoms with Crippen LogP contribution in [-0.2, 0) is 17.9 Å². The van der Waals surface area contributed by atoms with Gasteiger partial charge in [0.1, 0.15) is 0 Å². The first-order chi connectivity index (χ1) is 19.2. The number of urea groups is 1. The number of nitrogens with two attached hydrogens (primary N) is 1. The van der Waals surface area contributed by atoms with Crippen molar-refractivity contribution in [2.45, 2.75) is 75.4 Å². The highest BCUT2D eigenvalue weighted by atomic mass is 32.2. The molecule has 3 aliphatic rings. The highest BCUT2D eigenvalue weighted by Gasteiger charge is 2.42. The predicted octanol–water partition coefficient (Wildman–Crippen LogP) is -1.15. The highest BCUT2D eigenvalue weighted by Crippen LogP contribution is 2.33. The van der Waals surface area contributed by atoms with Crippen molar-refractivity contribution in [3.8, 4) is 0 Å². The summed E-state index contributed by atoms with van der Waals surface area (Å²) in [6.07, 6.45) is 8.70. The SMILES string of the molecule is O=C(CCCCC1SCC2NC(=O)NC21)NCCCn1cc(CN2CCCNCC[NH2+]CCCNCC2)nn1. The molecule has 3 aliphatic heterocycles. The molecule has 220 valence electrons. The number of hydrogen-bond acceptors (Lipinski definition) is 8. The van der Waals surface area contributed by atoms with Crippen LogP contribution in [0.25, 0.3) is 0 Å². The maximum Gasteiger partial charge on any atom is 0.315 e. The van der Waals surface area contributed by atoms with Crippen LogP contribution in [0.2, 0.25) is 0 Å². The molecular weight excluding hydrogens is 516 g/mol. The molecule has 0 bridgehead atoms. The number of nitrogens with one attached hydrogen (secondary N) is 5. The van der Waals surface area contributed by atoms with Gasteiger partial charge in [0.2, 0.25) is 5.91 Å². The van der Waals surface area contributed by atoms with E-state index in [4.69, 9.17) is 0 Å². The molecule has 3 amide bonds. The Hall–Kier alpha value is -1.93. The minimum absolute atomic E-state index is 0.0407. The van der Waals surface area contributed by atoms with Gasteiger partial charge in [0.25, 0.3) is 0 Å². The van der Waals surface area contributed by atoms with Crippen LogP contribution >= 0.6 is 11.8 Å². The molecule has 0 aliphatic carbocycles.